The van der Waals surface area contributed by atoms with Crippen LogP contribution < -0.4 is 5.32 Å². The molecule has 1 atom stereocenters. The first-order valence-electron chi connectivity index (χ1n) is 5.18. The number of amides is 1. The Balaban J connectivity index is 2.23. The Morgan fingerprint density at radius 1 is 1.26 bits per heavy atom. The minimum Gasteiger partial charge on any atom is -0.336 e. The fourth-order valence-corrected chi connectivity index (χ4v) is 1.89. The van der Waals surface area contributed by atoms with Gasteiger partial charge in [0.1, 0.15) is 4.88 Å². The molecule has 1 N–H and O–H groups in total. The Bertz CT molecular complexity index is 542. The predicted molar refractivity (Wildman–Crippen MR) is 62.6 cm³/mol. The van der Waals surface area contributed by atoms with Crippen molar-refractivity contribution >= 4 is 17.4 Å². The van der Waals surface area contributed by atoms with Crippen LogP contribution in [0.25, 0.3) is 0 Å². The van der Waals surface area contributed by atoms with E-state index in [2.05, 4.69) is 9.59 Å². The van der Waals surface area contributed by atoms with Crippen molar-refractivity contribution in [3.05, 3.63) is 47.0 Å². The van der Waals surface area contributed by atoms with E-state index < -0.39 is 18.1 Å². The van der Waals surface area contributed by atoms with Gasteiger partial charge in [-0.05, 0) is 17.1 Å². The summed E-state index contributed by atoms with van der Waals surface area (Å²) in [5, 5.41) is 5.35. The molecule has 2 aromatic rings. The zero-order valence-corrected chi connectivity index (χ0v) is 10.2. The van der Waals surface area contributed by atoms with E-state index in [0.717, 1.165) is 17.7 Å². The molecule has 0 aliphatic carbocycles. The van der Waals surface area contributed by atoms with Crippen molar-refractivity contribution in [2.75, 3.05) is 0 Å². The zero-order valence-electron chi connectivity index (χ0n) is 9.39. The molecule has 0 fully saturated rings. The number of hydrogen-bond donors (Lipinski definition) is 1. The third-order valence-corrected chi connectivity index (χ3v) is 2.98. The number of nitrogens with zero attached hydrogens (tertiary/aromatic N) is 2. The van der Waals surface area contributed by atoms with Gasteiger partial charge in [-0.25, -0.2) is 0 Å². The Morgan fingerprint density at radius 3 is 2.47 bits per heavy atom. The van der Waals surface area contributed by atoms with E-state index >= 15 is 0 Å². The zero-order chi connectivity index (χ0) is 13.9. The quantitative estimate of drug-likeness (QED) is 0.944. The highest BCUT2D eigenvalue weighted by Crippen LogP contribution is 2.32. The second kappa shape index (κ2) is 5.35. The molecular weight excluding hydrogens is 279 g/mol. The van der Waals surface area contributed by atoms with Gasteiger partial charge < -0.3 is 5.32 Å². The highest BCUT2D eigenvalue weighted by atomic mass is 32.1. The van der Waals surface area contributed by atoms with E-state index in [9.17, 15) is 18.0 Å². The van der Waals surface area contributed by atoms with Crippen molar-refractivity contribution in [2.24, 2.45) is 0 Å². The van der Waals surface area contributed by atoms with Crippen LogP contribution in [0.2, 0.25) is 0 Å². The maximum absolute atomic E-state index is 13.0. The number of carbonyl (C=O) groups is 1. The van der Waals surface area contributed by atoms with Crippen molar-refractivity contribution in [3.63, 3.8) is 0 Å². The van der Waals surface area contributed by atoms with Crippen molar-refractivity contribution in [1.82, 2.24) is 14.9 Å². The molecule has 1 aromatic carbocycles. The summed E-state index contributed by atoms with van der Waals surface area (Å²) in [7, 11) is 0. The van der Waals surface area contributed by atoms with Gasteiger partial charge in [0.15, 0.2) is 6.04 Å². The van der Waals surface area contributed by atoms with Crippen molar-refractivity contribution in [3.8, 4) is 0 Å². The largest absolute Gasteiger partial charge is 0.412 e. The molecule has 19 heavy (non-hydrogen) atoms. The van der Waals surface area contributed by atoms with Crippen LogP contribution in [0.3, 0.4) is 0 Å². The molecule has 0 spiro atoms. The number of halogens is 3. The SMILES string of the molecule is O=C(NC(c1ccccc1)C(F)(F)F)c1cnns1. The highest BCUT2D eigenvalue weighted by Gasteiger charge is 2.42. The number of carbonyl (C=O) groups excluding carboxylic acids is 1. The summed E-state index contributed by atoms with van der Waals surface area (Å²) in [4.78, 5) is 11.7. The third-order valence-electron chi connectivity index (χ3n) is 2.32. The fraction of sp³-hybridized carbons (Fsp3) is 0.182. The average Bonchev–Trinajstić information content (AvgIpc) is 2.89. The first kappa shape index (κ1) is 13.5. The Labute approximate surface area is 110 Å². The van der Waals surface area contributed by atoms with E-state index in [1.54, 1.807) is 6.07 Å². The summed E-state index contributed by atoms with van der Waals surface area (Å²) in [6, 6.07) is 5.13. The van der Waals surface area contributed by atoms with Crippen molar-refractivity contribution in [1.29, 1.82) is 0 Å². The maximum Gasteiger partial charge on any atom is 0.412 e. The summed E-state index contributed by atoms with van der Waals surface area (Å²) in [6.45, 7) is 0. The van der Waals surface area contributed by atoms with Crippen molar-refractivity contribution < 1.29 is 18.0 Å². The number of nitrogens with one attached hydrogen (secondary N) is 1. The number of aromatic nitrogens is 2. The van der Waals surface area contributed by atoms with Gasteiger partial charge >= 0.3 is 6.18 Å². The van der Waals surface area contributed by atoms with Crippen molar-refractivity contribution in [2.45, 2.75) is 12.2 Å². The second-order valence-corrected chi connectivity index (χ2v) is 4.43. The van der Waals surface area contributed by atoms with Gasteiger partial charge in [-0.3, -0.25) is 4.79 Å². The lowest BCUT2D eigenvalue weighted by Crippen LogP contribution is -2.37. The molecule has 1 heterocycles. The molecule has 8 heteroatoms. The van der Waals surface area contributed by atoms with Crippen LogP contribution in [-0.2, 0) is 0 Å². The number of alkyl halides is 3. The summed E-state index contributed by atoms with van der Waals surface area (Å²) in [5.41, 5.74) is -0.0270. The van der Waals surface area contributed by atoms with Crippen LogP contribution in [0.4, 0.5) is 13.2 Å². The number of hydrogen-bond acceptors (Lipinski definition) is 4. The minimum absolute atomic E-state index is 0.0270. The van der Waals surface area contributed by atoms with Gasteiger partial charge in [-0.2, -0.15) is 13.2 Å². The molecule has 0 saturated carbocycles. The molecule has 0 saturated heterocycles. The topological polar surface area (TPSA) is 54.9 Å². The maximum atomic E-state index is 13.0. The Hall–Kier alpha value is -1.96. The van der Waals surface area contributed by atoms with E-state index in [4.69, 9.17) is 0 Å². The molecule has 2 rings (SSSR count). The highest BCUT2D eigenvalue weighted by molar-refractivity contribution is 7.07. The van der Waals surface area contributed by atoms with E-state index in [1.807, 2.05) is 5.32 Å². The third kappa shape index (κ3) is 3.28. The van der Waals surface area contributed by atoms with Crippen LogP contribution in [0.1, 0.15) is 21.3 Å². The smallest absolute Gasteiger partial charge is 0.336 e. The van der Waals surface area contributed by atoms with Gasteiger partial charge in [0.2, 0.25) is 0 Å². The Kier molecular flexibility index (Phi) is 3.79. The van der Waals surface area contributed by atoms with Crippen LogP contribution in [0, 0.1) is 0 Å². The first-order valence-corrected chi connectivity index (χ1v) is 5.95. The standard InChI is InChI=1S/C11H8F3N3OS/c12-11(13,14)9(7-4-2-1-3-5-7)16-10(18)8-6-15-17-19-8/h1-6,9H,(H,16,18). The molecule has 4 nitrogen and oxygen atoms in total. The monoisotopic (exact) mass is 287 g/mol. The molecular formula is C11H8F3N3OS. The van der Waals surface area contributed by atoms with Gasteiger partial charge in [0, 0.05) is 0 Å². The normalized spacial score (nSPS) is 13.0. The minimum atomic E-state index is -4.57. The molecule has 1 amide bonds. The average molecular weight is 287 g/mol. The lowest BCUT2D eigenvalue weighted by Gasteiger charge is -2.21. The summed E-state index contributed by atoms with van der Waals surface area (Å²) in [6.07, 6.45) is -3.45. The number of rotatable bonds is 3. The lowest BCUT2D eigenvalue weighted by atomic mass is 10.1. The molecule has 1 aromatic heterocycles. The van der Waals surface area contributed by atoms with E-state index in [0.29, 0.717) is 0 Å². The summed E-state index contributed by atoms with van der Waals surface area (Å²) >= 11 is 0.738. The van der Waals surface area contributed by atoms with Gasteiger partial charge in [-0.1, -0.05) is 34.8 Å². The molecule has 100 valence electrons. The fourth-order valence-electron chi connectivity index (χ4n) is 1.47. The number of benzene rings is 1. The van der Waals surface area contributed by atoms with E-state index in [1.165, 1.54) is 24.3 Å². The van der Waals surface area contributed by atoms with Gasteiger partial charge in [0.05, 0.1) is 6.20 Å². The second-order valence-electron chi connectivity index (χ2n) is 3.64. The van der Waals surface area contributed by atoms with E-state index in [-0.39, 0.29) is 10.4 Å². The van der Waals surface area contributed by atoms with Crippen LogP contribution in [0.5, 0.6) is 0 Å². The van der Waals surface area contributed by atoms with Crippen LogP contribution >= 0.6 is 11.5 Å². The predicted octanol–water partition coefficient (Wildman–Crippen LogP) is 2.57. The summed E-state index contributed by atoms with van der Waals surface area (Å²) < 4.78 is 42.3. The molecule has 0 aliphatic rings. The summed E-state index contributed by atoms with van der Waals surface area (Å²) in [5.74, 6) is -0.846. The Morgan fingerprint density at radius 2 is 1.95 bits per heavy atom. The lowest BCUT2D eigenvalue weighted by molar-refractivity contribution is -0.155. The van der Waals surface area contributed by atoms with Crippen LogP contribution in [-0.4, -0.2) is 21.7 Å². The molecule has 0 aliphatic heterocycles. The van der Waals surface area contributed by atoms with Gasteiger partial charge in [-0.15, -0.1) is 5.10 Å². The molecule has 1 unspecified atom stereocenters. The van der Waals surface area contributed by atoms with Gasteiger partial charge in [0.25, 0.3) is 5.91 Å². The van der Waals surface area contributed by atoms with Crippen LogP contribution in [0.15, 0.2) is 36.5 Å². The first-order chi connectivity index (χ1) is 8.98. The molecule has 0 radical (unpaired) electrons. The molecule has 0 bridgehead atoms.